The van der Waals surface area contributed by atoms with Crippen molar-refractivity contribution < 1.29 is 32.6 Å². The third-order valence-corrected chi connectivity index (χ3v) is 5.49. The SMILES string of the molecule is CC1(F)C(OC(=O)c2ccccc2)C(COC(=O)c2ccccc2)OC1n1cc(F)c(=O)[nH]c1=O. The first-order valence-corrected chi connectivity index (χ1v) is 10.5. The molecule has 2 aromatic carbocycles. The molecule has 2 heterocycles. The number of ether oxygens (including phenoxy) is 3. The van der Waals surface area contributed by atoms with Crippen LogP contribution in [0.2, 0.25) is 0 Å². The van der Waals surface area contributed by atoms with Crippen molar-refractivity contribution in [3.63, 3.8) is 0 Å². The molecule has 182 valence electrons. The summed E-state index contributed by atoms with van der Waals surface area (Å²) >= 11 is 0. The summed E-state index contributed by atoms with van der Waals surface area (Å²) in [6.45, 7) is 0.451. The number of nitrogens with zero attached hydrogens (tertiary/aromatic N) is 1. The van der Waals surface area contributed by atoms with Gasteiger partial charge in [-0.15, -0.1) is 0 Å². The van der Waals surface area contributed by atoms with Crippen molar-refractivity contribution in [1.82, 2.24) is 9.55 Å². The molecule has 0 spiro atoms. The molecule has 1 saturated heterocycles. The van der Waals surface area contributed by atoms with Crippen LogP contribution >= 0.6 is 0 Å². The topological polar surface area (TPSA) is 117 Å². The van der Waals surface area contributed by atoms with Crippen LogP contribution in [0.25, 0.3) is 0 Å². The normalized spacial score (nSPS) is 23.6. The van der Waals surface area contributed by atoms with Crippen LogP contribution in [0.5, 0.6) is 0 Å². The van der Waals surface area contributed by atoms with Gasteiger partial charge in [0.2, 0.25) is 5.82 Å². The molecular weight excluding hydrogens is 466 g/mol. The average Bonchev–Trinajstić information content (AvgIpc) is 3.10. The Bertz CT molecular complexity index is 1340. The van der Waals surface area contributed by atoms with E-state index in [1.165, 1.54) is 24.3 Å². The number of carbonyl (C=O) groups excluding carboxylic acids is 2. The number of carbonyl (C=O) groups is 2. The Morgan fingerprint density at radius 2 is 1.60 bits per heavy atom. The maximum atomic E-state index is 16.1. The van der Waals surface area contributed by atoms with E-state index in [4.69, 9.17) is 14.2 Å². The zero-order valence-electron chi connectivity index (χ0n) is 18.4. The zero-order valence-corrected chi connectivity index (χ0v) is 18.4. The summed E-state index contributed by atoms with van der Waals surface area (Å²) in [7, 11) is 0. The molecule has 1 aromatic heterocycles. The van der Waals surface area contributed by atoms with Crippen LogP contribution in [0.3, 0.4) is 0 Å². The molecule has 1 aliphatic rings. The van der Waals surface area contributed by atoms with Gasteiger partial charge in [-0.3, -0.25) is 14.3 Å². The van der Waals surface area contributed by atoms with Crippen molar-refractivity contribution >= 4 is 11.9 Å². The van der Waals surface area contributed by atoms with Gasteiger partial charge >= 0.3 is 17.6 Å². The molecule has 0 amide bonds. The summed E-state index contributed by atoms with van der Waals surface area (Å²) in [4.78, 5) is 50.5. The Labute approximate surface area is 196 Å². The molecule has 1 aliphatic heterocycles. The molecule has 1 N–H and O–H groups in total. The lowest BCUT2D eigenvalue weighted by Gasteiger charge is -2.27. The average molecular weight is 486 g/mol. The number of rotatable bonds is 6. The summed E-state index contributed by atoms with van der Waals surface area (Å²) < 4.78 is 46.8. The summed E-state index contributed by atoms with van der Waals surface area (Å²) in [6.07, 6.45) is -4.34. The van der Waals surface area contributed by atoms with Crippen molar-refractivity contribution in [3.8, 4) is 0 Å². The summed E-state index contributed by atoms with van der Waals surface area (Å²) in [5.41, 5.74) is -4.67. The van der Waals surface area contributed by atoms with E-state index in [2.05, 4.69) is 0 Å². The minimum absolute atomic E-state index is 0.124. The van der Waals surface area contributed by atoms with E-state index >= 15 is 4.39 Å². The van der Waals surface area contributed by atoms with Crippen LogP contribution in [0.1, 0.15) is 33.9 Å². The van der Waals surface area contributed by atoms with E-state index in [0.29, 0.717) is 10.8 Å². The largest absolute Gasteiger partial charge is 0.459 e. The second kappa shape index (κ2) is 9.63. The minimum atomic E-state index is -2.59. The lowest BCUT2D eigenvalue weighted by atomic mass is 9.98. The van der Waals surface area contributed by atoms with Crippen molar-refractivity contribution in [2.75, 3.05) is 6.61 Å². The number of aromatic nitrogens is 2. The summed E-state index contributed by atoms with van der Waals surface area (Å²) in [5.74, 6) is -2.97. The van der Waals surface area contributed by atoms with Gasteiger partial charge in [0.05, 0.1) is 17.3 Å². The number of benzene rings is 2. The van der Waals surface area contributed by atoms with Crippen molar-refractivity contribution in [1.29, 1.82) is 0 Å². The minimum Gasteiger partial charge on any atom is -0.459 e. The highest BCUT2D eigenvalue weighted by atomic mass is 19.1. The van der Waals surface area contributed by atoms with E-state index in [1.54, 1.807) is 41.4 Å². The van der Waals surface area contributed by atoms with E-state index in [9.17, 15) is 23.6 Å². The van der Waals surface area contributed by atoms with Gasteiger partial charge in [-0.05, 0) is 31.2 Å². The van der Waals surface area contributed by atoms with Gasteiger partial charge in [-0.2, -0.15) is 4.39 Å². The number of esters is 2. The predicted octanol–water partition coefficient (Wildman–Crippen LogP) is 2.38. The molecule has 11 heteroatoms. The maximum Gasteiger partial charge on any atom is 0.338 e. The van der Waals surface area contributed by atoms with Crippen LogP contribution < -0.4 is 11.2 Å². The fourth-order valence-corrected chi connectivity index (χ4v) is 3.74. The number of H-pyrrole nitrogens is 1. The number of aromatic amines is 1. The van der Waals surface area contributed by atoms with Crippen LogP contribution in [-0.4, -0.2) is 46.0 Å². The fourth-order valence-electron chi connectivity index (χ4n) is 3.74. The molecule has 4 atom stereocenters. The molecule has 0 aliphatic carbocycles. The molecule has 0 bridgehead atoms. The maximum absolute atomic E-state index is 16.1. The van der Waals surface area contributed by atoms with Crippen molar-refractivity contribution in [2.24, 2.45) is 0 Å². The second-order valence-corrected chi connectivity index (χ2v) is 7.98. The van der Waals surface area contributed by atoms with Crippen molar-refractivity contribution in [3.05, 3.63) is 105 Å². The zero-order chi connectivity index (χ0) is 25.2. The molecule has 0 saturated carbocycles. The Balaban J connectivity index is 1.64. The van der Waals surface area contributed by atoms with Gasteiger partial charge in [0.1, 0.15) is 12.7 Å². The molecule has 9 nitrogen and oxygen atoms in total. The lowest BCUT2D eigenvalue weighted by Crippen LogP contribution is -2.46. The van der Waals surface area contributed by atoms with Gasteiger partial charge in [0, 0.05) is 0 Å². The number of nitrogens with one attached hydrogen (secondary N) is 1. The standard InChI is InChI=1S/C24H20F2N2O7/c1-24(26)18(35-21(31)15-10-6-3-7-11-15)17(13-33-20(30)14-8-4-2-5-9-14)34-22(24)28-12-16(25)19(29)27-23(28)32/h2-12,17-18,22H,13H2,1H3,(H,27,29,32). The Morgan fingerprint density at radius 1 is 1.03 bits per heavy atom. The lowest BCUT2D eigenvalue weighted by molar-refractivity contribution is -0.0653. The van der Waals surface area contributed by atoms with E-state index in [0.717, 1.165) is 6.92 Å². The van der Waals surface area contributed by atoms with Crippen molar-refractivity contribution in [2.45, 2.75) is 31.0 Å². The molecule has 4 rings (SSSR count). The third kappa shape index (κ3) is 4.90. The van der Waals surface area contributed by atoms with Gasteiger partial charge in [-0.25, -0.2) is 18.8 Å². The number of hydrogen-bond acceptors (Lipinski definition) is 7. The molecule has 0 radical (unpaired) electrons. The number of hydrogen-bond donors (Lipinski definition) is 1. The van der Waals surface area contributed by atoms with Crippen LogP contribution in [0.15, 0.2) is 76.4 Å². The Morgan fingerprint density at radius 3 is 2.20 bits per heavy atom. The van der Waals surface area contributed by atoms with E-state index in [-0.39, 0.29) is 11.1 Å². The third-order valence-electron chi connectivity index (χ3n) is 5.49. The fraction of sp³-hybridized carbons (Fsp3) is 0.250. The highest BCUT2D eigenvalue weighted by Crippen LogP contribution is 2.43. The first-order valence-electron chi connectivity index (χ1n) is 10.5. The predicted molar refractivity (Wildman–Crippen MR) is 117 cm³/mol. The van der Waals surface area contributed by atoms with E-state index < -0.39 is 59.7 Å². The molecule has 4 unspecified atom stereocenters. The number of halogens is 2. The van der Waals surface area contributed by atoms with Gasteiger partial charge in [-0.1, -0.05) is 36.4 Å². The molecule has 1 fully saturated rings. The summed E-state index contributed by atoms with van der Waals surface area (Å²) in [6, 6.07) is 15.7. The second-order valence-electron chi connectivity index (χ2n) is 7.98. The van der Waals surface area contributed by atoms with Gasteiger partial charge in [0.25, 0.3) is 5.56 Å². The Kier molecular flexibility index (Phi) is 6.61. The van der Waals surface area contributed by atoms with Gasteiger partial charge < -0.3 is 14.2 Å². The highest BCUT2D eigenvalue weighted by Gasteiger charge is 2.58. The van der Waals surface area contributed by atoms with E-state index in [1.807, 2.05) is 0 Å². The monoisotopic (exact) mass is 486 g/mol. The van der Waals surface area contributed by atoms with Crippen LogP contribution in [-0.2, 0) is 14.2 Å². The van der Waals surface area contributed by atoms with Crippen LogP contribution in [0.4, 0.5) is 8.78 Å². The highest BCUT2D eigenvalue weighted by molar-refractivity contribution is 5.90. The first kappa shape index (κ1) is 24.0. The van der Waals surface area contributed by atoms with Gasteiger partial charge in [0.15, 0.2) is 18.0 Å². The molecule has 35 heavy (non-hydrogen) atoms. The smallest absolute Gasteiger partial charge is 0.338 e. The number of alkyl halides is 1. The molecular formula is C24H20F2N2O7. The van der Waals surface area contributed by atoms with Crippen LogP contribution in [0, 0.1) is 5.82 Å². The quantitative estimate of drug-likeness (QED) is 0.532. The molecule has 3 aromatic rings. The Hall–Kier alpha value is -4.12. The summed E-state index contributed by atoms with van der Waals surface area (Å²) in [5, 5.41) is 0. The first-order chi connectivity index (χ1) is 16.7.